The molecule has 1 rings (SSSR count). The third-order valence-electron chi connectivity index (χ3n) is 2.43. The molecule has 2 nitrogen and oxygen atoms in total. The van der Waals surface area contributed by atoms with Crippen molar-refractivity contribution in [2.75, 3.05) is 6.61 Å². The minimum absolute atomic E-state index is 0.0104. The fraction of sp³-hybridized carbons (Fsp3) is 0.538. The highest BCUT2D eigenvalue weighted by molar-refractivity contribution is 6.32. The van der Waals surface area contributed by atoms with Crippen LogP contribution >= 0.6 is 11.6 Å². The average molecular weight is 243 g/mol. The number of ether oxygens (including phenoxy) is 1. The molecule has 0 unspecified atom stereocenters. The minimum atomic E-state index is 0.0104. The molecule has 0 aliphatic carbocycles. The van der Waals surface area contributed by atoms with Gasteiger partial charge in [0, 0.05) is 0 Å². The topological polar surface area (TPSA) is 29.5 Å². The number of halogens is 1. The fourth-order valence-corrected chi connectivity index (χ4v) is 1.73. The van der Waals surface area contributed by atoms with Crippen LogP contribution in [0.1, 0.15) is 38.2 Å². The van der Waals surface area contributed by atoms with Gasteiger partial charge in [-0.05, 0) is 24.1 Å². The summed E-state index contributed by atoms with van der Waals surface area (Å²) >= 11 is 6.01. The van der Waals surface area contributed by atoms with Gasteiger partial charge in [0.15, 0.2) is 0 Å². The molecule has 0 fully saturated rings. The molecular weight excluding hydrogens is 224 g/mol. The van der Waals surface area contributed by atoms with E-state index in [0.29, 0.717) is 17.4 Å². The molecule has 0 aromatic heterocycles. The molecular formula is C13H19ClO2. The Labute approximate surface area is 102 Å². The van der Waals surface area contributed by atoms with Gasteiger partial charge in [-0.2, -0.15) is 0 Å². The molecule has 0 amide bonds. The van der Waals surface area contributed by atoms with E-state index in [1.807, 2.05) is 12.1 Å². The second-order valence-electron chi connectivity index (χ2n) is 3.83. The second kappa shape index (κ2) is 7.53. The van der Waals surface area contributed by atoms with E-state index in [4.69, 9.17) is 21.4 Å². The second-order valence-corrected chi connectivity index (χ2v) is 4.24. The molecule has 0 spiro atoms. The van der Waals surface area contributed by atoms with Gasteiger partial charge in [0.05, 0.1) is 18.2 Å². The Kier molecular flexibility index (Phi) is 6.27. The molecule has 0 bridgehead atoms. The van der Waals surface area contributed by atoms with Gasteiger partial charge >= 0.3 is 0 Å². The molecule has 3 heteroatoms. The van der Waals surface area contributed by atoms with E-state index < -0.39 is 0 Å². The molecule has 0 aliphatic heterocycles. The normalized spacial score (nSPS) is 10.4. The quantitative estimate of drug-likeness (QED) is 0.738. The van der Waals surface area contributed by atoms with Gasteiger partial charge in [-0.1, -0.05) is 43.9 Å². The van der Waals surface area contributed by atoms with Crippen LogP contribution in [0.2, 0.25) is 5.02 Å². The summed E-state index contributed by atoms with van der Waals surface area (Å²) in [6.07, 6.45) is 4.74. The van der Waals surface area contributed by atoms with Crippen LogP contribution in [0.25, 0.3) is 0 Å². The number of benzene rings is 1. The maximum absolute atomic E-state index is 8.93. The van der Waals surface area contributed by atoms with Crippen LogP contribution in [-0.2, 0) is 6.61 Å². The number of rotatable bonds is 7. The zero-order valence-corrected chi connectivity index (χ0v) is 10.5. The summed E-state index contributed by atoms with van der Waals surface area (Å²) in [4.78, 5) is 0. The Morgan fingerprint density at radius 3 is 2.69 bits per heavy atom. The number of aliphatic hydroxyl groups is 1. The Balaban J connectivity index is 2.36. The minimum Gasteiger partial charge on any atom is -0.492 e. The summed E-state index contributed by atoms with van der Waals surface area (Å²) in [5, 5.41) is 9.50. The largest absolute Gasteiger partial charge is 0.492 e. The molecule has 0 saturated carbocycles. The summed E-state index contributed by atoms with van der Waals surface area (Å²) in [5.41, 5.74) is 0.809. The summed E-state index contributed by atoms with van der Waals surface area (Å²) < 4.78 is 5.57. The number of unbranched alkanes of at least 4 members (excludes halogenated alkanes) is 3. The predicted octanol–water partition coefficient (Wildman–Crippen LogP) is 3.79. The monoisotopic (exact) mass is 242 g/mol. The highest BCUT2D eigenvalue weighted by atomic mass is 35.5. The molecule has 1 aromatic carbocycles. The third-order valence-corrected chi connectivity index (χ3v) is 2.73. The smallest absolute Gasteiger partial charge is 0.137 e. The maximum Gasteiger partial charge on any atom is 0.137 e. The molecule has 1 aromatic rings. The van der Waals surface area contributed by atoms with Gasteiger partial charge in [0.1, 0.15) is 5.75 Å². The van der Waals surface area contributed by atoms with Crippen molar-refractivity contribution in [3.8, 4) is 5.75 Å². The van der Waals surface area contributed by atoms with E-state index >= 15 is 0 Å². The summed E-state index contributed by atoms with van der Waals surface area (Å²) in [7, 11) is 0. The predicted molar refractivity (Wildman–Crippen MR) is 67.0 cm³/mol. The van der Waals surface area contributed by atoms with Crippen molar-refractivity contribution < 1.29 is 9.84 Å². The van der Waals surface area contributed by atoms with Crippen LogP contribution in [0.5, 0.6) is 5.75 Å². The van der Waals surface area contributed by atoms with E-state index in [2.05, 4.69) is 6.92 Å². The van der Waals surface area contributed by atoms with Crippen molar-refractivity contribution in [3.63, 3.8) is 0 Å². The van der Waals surface area contributed by atoms with E-state index in [-0.39, 0.29) is 6.61 Å². The average Bonchev–Trinajstić information content (AvgIpc) is 2.30. The van der Waals surface area contributed by atoms with Crippen LogP contribution in [0.3, 0.4) is 0 Å². The van der Waals surface area contributed by atoms with E-state index in [9.17, 15) is 0 Å². The Bertz CT molecular complexity index is 313. The number of aliphatic hydroxyl groups excluding tert-OH is 1. The summed E-state index contributed by atoms with van der Waals surface area (Å²) in [6.45, 7) is 2.90. The van der Waals surface area contributed by atoms with Crippen LogP contribution in [0.4, 0.5) is 0 Å². The third kappa shape index (κ3) is 4.42. The van der Waals surface area contributed by atoms with Crippen LogP contribution in [0.15, 0.2) is 18.2 Å². The molecule has 0 heterocycles. The van der Waals surface area contributed by atoms with Gasteiger partial charge in [-0.25, -0.2) is 0 Å². The van der Waals surface area contributed by atoms with Gasteiger partial charge in [0.2, 0.25) is 0 Å². The summed E-state index contributed by atoms with van der Waals surface area (Å²) in [6, 6.07) is 5.38. The van der Waals surface area contributed by atoms with Crippen molar-refractivity contribution in [1.82, 2.24) is 0 Å². The van der Waals surface area contributed by atoms with Gasteiger partial charge in [-0.15, -0.1) is 0 Å². The molecule has 0 atom stereocenters. The van der Waals surface area contributed by atoms with Crippen molar-refractivity contribution >= 4 is 11.6 Å². The lowest BCUT2D eigenvalue weighted by Gasteiger charge is -2.08. The lowest BCUT2D eigenvalue weighted by atomic mass is 10.2. The van der Waals surface area contributed by atoms with Crippen LogP contribution in [0, 0.1) is 0 Å². The fourth-order valence-electron chi connectivity index (χ4n) is 1.47. The highest BCUT2D eigenvalue weighted by Gasteiger charge is 2.02. The van der Waals surface area contributed by atoms with Crippen molar-refractivity contribution in [2.45, 2.75) is 39.2 Å². The van der Waals surface area contributed by atoms with Gasteiger partial charge in [0.25, 0.3) is 0 Å². The number of hydrogen-bond acceptors (Lipinski definition) is 2. The lowest BCUT2D eigenvalue weighted by molar-refractivity contribution is 0.281. The van der Waals surface area contributed by atoms with Crippen LogP contribution < -0.4 is 4.74 Å². The standard InChI is InChI=1S/C13H19ClO2/c1-2-3-4-5-8-16-13-7-6-11(10-15)9-12(13)14/h6-7,9,15H,2-5,8,10H2,1H3. The van der Waals surface area contributed by atoms with Gasteiger partial charge in [-0.3, -0.25) is 0 Å². The molecule has 16 heavy (non-hydrogen) atoms. The Morgan fingerprint density at radius 1 is 1.25 bits per heavy atom. The van der Waals surface area contributed by atoms with Crippen LogP contribution in [-0.4, -0.2) is 11.7 Å². The Hall–Kier alpha value is -0.730. The van der Waals surface area contributed by atoms with Gasteiger partial charge < -0.3 is 9.84 Å². The maximum atomic E-state index is 8.93. The molecule has 1 N–H and O–H groups in total. The highest BCUT2D eigenvalue weighted by Crippen LogP contribution is 2.25. The number of hydrogen-bond donors (Lipinski definition) is 1. The SMILES string of the molecule is CCCCCCOc1ccc(CO)cc1Cl. The zero-order valence-electron chi connectivity index (χ0n) is 9.71. The Morgan fingerprint density at radius 2 is 2.06 bits per heavy atom. The molecule has 0 aliphatic rings. The molecule has 90 valence electrons. The van der Waals surface area contributed by atoms with E-state index in [1.165, 1.54) is 19.3 Å². The zero-order chi connectivity index (χ0) is 11.8. The molecule has 0 radical (unpaired) electrons. The first-order chi connectivity index (χ1) is 7.77. The van der Waals surface area contributed by atoms with Crippen molar-refractivity contribution in [1.29, 1.82) is 0 Å². The van der Waals surface area contributed by atoms with Crippen molar-refractivity contribution in [2.24, 2.45) is 0 Å². The molecule has 0 saturated heterocycles. The van der Waals surface area contributed by atoms with E-state index in [1.54, 1.807) is 6.07 Å². The first-order valence-electron chi connectivity index (χ1n) is 5.80. The first-order valence-corrected chi connectivity index (χ1v) is 6.17. The first kappa shape index (κ1) is 13.3. The van der Waals surface area contributed by atoms with Crippen molar-refractivity contribution in [3.05, 3.63) is 28.8 Å². The van der Waals surface area contributed by atoms with E-state index in [0.717, 1.165) is 12.0 Å². The summed E-state index contributed by atoms with van der Waals surface area (Å²) in [5.74, 6) is 0.704. The lowest BCUT2D eigenvalue weighted by Crippen LogP contribution is -1.98.